The minimum absolute atomic E-state index is 0.415. The SMILES string of the molecule is CCCCCCCC1C=C(C)C(CCCCCC)O1. The van der Waals surface area contributed by atoms with Gasteiger partial charge in [0, 0.05) is 0 Å². The second-order valence-electron chi connectivity index (χ2n) is 6.13. The molecule has 0 aromatic carbocycles. The molecule has 0 aromatic heterocycles. The fourth-order valence-corrected chi connectivity index (χ4v) is 2.91. The fourth-order valence-electron chi connectivity index (χ4n) is 2.91. The minimum atomic E-state index is 0.415. The van der Waals surface area contributed by atoms with E-state index >= 15 is 0 Å². The molecule has 1 rings (SSSR count). The van der Waals surface area contributed by atoms with Crippen LogP contribution in [0.2, 0.25) is 0 Å². The molecule has 0 saturated carbocycles. The number of ether oxygens (including phenoxy) is 1. The van der Waals surface area contributed by atoms with E-state index in [-0.39, 0.29) is 0 Å². The van der Waals surface area contributed by atoms with Crippen LogP contribution in [0.1, 0.15) is 91.4 Å². The van der Waals surface area contributed by atoms with Crippen LogP contribution in [0.15, 0.2) is 11.6 Å². The molecule has 0 radical (unpaired) electrons. The van der Waals surface area contributed by atoms with Gasteiger partial charge in [-0.2, -0.15) is 0 Å². The molecule has 0 fully saturated rings. The van der Waals surface area contributed by atoms with Gasteiger partial charge in [-0.1, -0.05) is 77.7 Å². The van der Waals surface area contributed by atoms with Gasteiger partial charge in [0.25, 0.3) is 0 Å². The molecule has 1 aliphatic rings. The van der Waals surface area contributed by atoms with Crippen LogP contribution < -0.4 is 0 Å². The molecule has 1 heterocycles. The summed E-state index contributed by atoms with van der Waals surface area (Å²) in [5, 5.41) is 0. The second-order valence-corrected chi connectivity index (χ2v) is 6.13. The minimum Gasteiger partial charge on any atom is -0.367 e. The van der Waals surface area contributed by atoms with Gasteiger partial charge in [0.1, 0.15) is 0 Å². The van der Waals surface area contributed by atoms with E-state index < -0.39 is 0 Å². The average Bonchev–Trinajstić information content (AvgIpc) is 2.75. The van der Waals surface area contributed by atoms with E-state index in [1.54, 1.807) is 0 Å². The summed E-state index contributed by atoms with van der Waals surface area (Å²) in [5.41, 5.74) is 1.48. The van der Waals surface area contributed by atoms with E-state index in [0.717, 1.165) is 0 Å². The summed E-state index contributed by atoms with van der Waals surface area (Å²) >= 11 is 0. The van der Waals surface area contributed by atoms with E-state index in [4.69, 9.17) is 4.74 Å². The largest absolute Gasteiger partial charge is 0.367 e. The van der Waals surface area contributed by atoms with Crippen molar-refractivity contribution in [3.05, 3.63) is 11.6 Å². The molecule has 0 N–H and O–H groups in total. The van der Waals surface area contributed by atoms with Crippen LogP contribution in [-0.2, 0) is 4.74 Å². The molecule has 0 saturated heterocycles. The Morgan fingerprint density at radius 2 is 1.42 bits per heavy atom. The summed E-state index contributed by atoms with van der Waals surface area (Å²) in [4.78, 5) is 0. The Kier molecular flexibility index (Phi) is 9.24. The molecule has 1 aliphatic heterocycles. The van der Waals surface area contributed by atoms with Crippen LogP contribution >= 0.6 is 0 Å². The van der Waals surface area contributed by atoms with E-state index in [9.17, 15) is 0 Å². The lowest BCUT2D eigenvalue weighted by Gasteiger charge is -2.15. The predicted octanol–water partition coefficient (Wildman–Crippen LogP) is 6.03. The van der Waals surface area contributed by atoms with Crippen molar-refractivity contribution < 1.29 is 4.74 Å². The van der Waals surface area contributed by atoms with E-state index in [1.807, 2.05) is 0 Å². The average molecular weight is 266 g/mol. The molecule has 0 amide bonds. The van der Waals surface area contributed by atoms with Gasteiger partial charge in [-0.3, -0.25) is 0 Å². The Labute approximate surface area is 120 Å². The van der Waals surface area contributed by atoms with E-state index in [1.165, 1.54) is 76.2 Å². The maximum atomic E-state index is 6.17. The molecule has 19 heavy (non-hydrogen) atoms. The number of hydrogen-bond acceptors (Lipinski definition) is 1. The van der Waals surface area contributed by atoms with Crippen molar-refractivity contribution in [3.63, 3.8) is 0 Å². The Morgan fingerprint density at radius 3 is 2.11 bits per heavy atom. The molecule has 1 heteroatoms. The van der Waals surface area contributed by atoms with Gasteiger partial charge in [-0.05, 0) is 25.3 Å². The molecule has 0 aliphatic carbocycles. The first-order valence-electron chi connectivity index (χ1n) is 8.61. The third-order valence-electron chi connectivity index (χ3n) is 4.21. The first-order valence-corrected chi connectivity index (χ1v) is 8.61. The Hall–Kier alpha value is -0.300. The first kappa shape index (κ1) is 16.8. The first-order chi connectivity index (χ1) is 9.27. The standard InChI is InChI=1S/C18H34O/c1-4-6-8-10-11-13-17-15-16(3)18(19-17)14-12-9-7-5-2/h15,17-18H,4-14H2,1-3H3. The number of unbranched alkanes of at least 4 members (excludes halogenated alkanes) is 7. The summed E-state index contributed by atoms with van der Waals surface area (Å²) in [6.07, 6.45) is 17.9. The van der Waals surface area contributed by atoms with Crippen LogP contribution in [0.5, 0.6) is 0 Å². The lowest BCUT2D eigenvalue weighted by molar-refractivity contribution is 0.0445. The molecular weight excluding hydrogens is 232 g/mol. The summed E-state index contributed by atoms with van der Waals surface area (Å²) < 4.78 is 6.17. The Bertz CT molecular complexity index is 244. The molecule has 2 unspecified atom stereocenters. The summed E-state index contributed by atoms with van der Waals surface area (Å²) in [5.74, 6) is 0. The third kappa shape index (κ3) is 7.15. The molecule has 0 spiro atoms. The number of rotatable bonds is 11. The molecule has 0 bridgehead atoms. The van der Waals surface area contributed by atoms with Gasteiger partial charge < -0.3 is 4.74 Å². The monoisotopic (exact) mass is 266 g/mol. The zero-order valence-electron chi connectivity index (χ0n) is 13.4. The van der Waals surface area contributed by atoms with Crippen LogP contribution in [0.25, 0.3) is 0 Å². The Morgan fingerprint density at radius 1 is 0.842 bits per heavy atom. The van der Waals surface area contributed by atoms with Crippen molar-refractivity contribution in [1.29, 1.82) is 0 Å². The molecule has 112 valence electrons. The van der Waals surface area contributed by atoms with E-state index in [2.05, 4.69) is 26.8 Å². The Balaban J connectivity index is 2.09. The van der Waals surface area contributed by atoms with Gasteiger partial charge in [-0.25, -0.2) is 0 Å². The zero-order valence-corrected chi connectivity index (χ0v) is 13.4. The molecule has 1 nitrogen and oxygen atoms in total. The summed E-state index contributed by atoms with van der Waals surface area (Å²) in [6, 6.07) is 0. The quantitative estimate of drug-likeness (QED) is 0.327. The highest BCUT2D eigenvalue weighted by molar-refractivity contribution is 5.13. The van der Waals surface area contributed by atoms with Gasteiger partial charge >= 0.3 is 0 Å². The predicted molar refractivity (Wildman–Crippen MR) is 84.6 cm³/mol. The highest BCUT2D eigenvalue weighted by Crippen LogP contribution is 2.26. The van der Waals surface area contributed by atoms with Gasteiger partial charge in [0.2, 0.25) is 0 Å². The smallest absolute Gasteiger partial charge is 0.0791 e. The zero-order chi connectivity index (χ0) is 13.9. The second kappa shape index (κ2) is 10.5. The van der Waals surface area contributed by atoms with Crippen molar-refractivity contribution in [1.82, 2.24) is 0 Å². The highest BCUT2D eigenvalue weighted by atomic mass is 16.5. The number of hydrogen-bond donors (Lipinski definition) is 0. The maximum Gasteiger partial charge on any atom is 0.0791 e. The van der Waals surface area contributed by atoms with Crippen LogP contribution in [-0.4, -0.2) is 12.2 Å². The van der Waals surface area contributed by atoms with Crippen LogP contribution in [0.3, 0.4) is 0 Å². The highest BCUT2D eigenvalue weighted by Gasteiger charge is 2.23. The van der Waals surface area contributed by atoms with Crippen molar-refractivity contribution in [2.75, 3.05) is 0 Å². The van der Waals surface area contributed by atoms with Gasteiger partial charge in [0.05, 0.1) is 12.2 Å². The van der Waals surface area contributed by atoms with Crippen LogP contribution in [0.4, 0.5) is 0 Å². The van der Waals surface area contributed by atoms with Crippen molar-refractivity contribution in [3.8, 4) is 0 Å². The molecule has 2 atom stereocenters. The normalized spacial score (nSPS) is 22.8. The van der Waals surface area contributed by atoms with Gasteiger partial charge in [-0.15, -0.1) is 0 Å². The van der Waals surface area contributed by atoms with Gasteiger partial charge in [0.15, 0.2) is 0 Å². The third-order valence-corrected chi connectivity index (χ3v) is 4.21. The lowest BCUT2D eigenvalue weighted by atomic mass is 10.0. The topological polar surface area (TPSA) is 9.23 Å². The van der Waals surface area contributed by atoms with Crippen molar-refractivity contribution >= 4 is 0 Å². The molecular formula is C18H34O. The van der Waals surface area contributed by atoms with Crippen molar-refractivity contribution in [2.24, 2.45) is 0 Å². The lowest BCUT2D eigenvalue weighted by Crippen LogP contribution is -2.13. The maximum absolute atomic E-state index is 6.17. The molecule has 0 aromatic rings. The summed E-state index contributed by atoms with van der Waals surface area (Å²) in [7, 11) is 0. The van der Waals surface area contributed by atoms with Crippen LogP contribution in [0, 0.1) is 0 Å². The fraction of sp³-hybridized carbons (Fsp3) is 0.889. The van der Waals surface area contributed by atoms with E-state index in [0.29, 0.717) is 12.2 Å². The summed E-state index contributed by atoms with van der Waals surface area (Å²) in [6.45, 7) is 6.79. The van der Waals surface area contributed by atoms with Crippen molar-refractivity contribution in [2.45, 2.75) is 104 Å².